The van der Waals surface area contributed by atoms with Gasteiger partial charge >= 0.3 is 0 Å². The number of hydrogen-bond acceptors (Lipinski definition) is 4. The highest BCUT2D eigenvalue weighted by atomic mass is 16.5. The molecule has 1 aliphatic rings. The Morgan fingerprint density at radius 1 is 1.54 bits per heavy atom. The Bertz CT molecular complexity index is 335. The minimum atomic E-state index is -0.670. The van der Waals surface area contributed by atoms with Gasteiger partial charge in [-0.25, -0.2) is 0 Å². The summed E-state index contributed by atoms with van der Waals surface area (Å²) in [5.74, 6) is 1.04. The van der Waals surface area contributed by atoms with Crippen molar-refractivity contribution in [2.45, 2.75) is 6.10 Å². The predicted octanol–water partition coefficient (Wildman–Crippen LogP) is 0.827. The van der Waals surface area contributed by atoms with Gasteiger partial charge in [0.05, 0.1) is 7.11 Å². The Kier molecular flexibility index (Phi) is 1.77. The van der Waals surface area contributed by atoms with Gasteiger partial charge in [-0.15, -0.1) is 0 Å². The Morgan fingerprint density at radius 2 is 2.31 bits per heavy atom. The van der Waals surface area contributed by atoms with E-state index in [1.807, 2.05) is 0 Å². The van der Waals surface area contributed by atoms with E-state index in [-0.39, 0.29) is 12.4 Å². The van der Waals surface area contributed by atoms with Crippen molar-refractivity contribution < 1.29 is 19.7 Å². The summed E-state index contributed by atoms with van der Waals surface area (Å²) in [6.45, 7) is 0.217. The number of aliphatic hydroxyl groups excluding tert-OH is 1. The number of benzene rings is 1. The maximum Gasteiger partial charge on any atom is 0.167 e. The van der Waals surface area contributed by atoms with Crippen LogP contribution < -0.4 is 9.47 Å². The first kappa shape index (κ1) is 8.19. The maximum atomic E-state index is 9.43. The number of aromatic hydroxyl groups is 1. The number of methoxy groups -OCH3 is 1. The summed E-state index contributed by atoms with van der Waals surface area (Å²) in [6.07, 6.45) is -0.670. The van der Waals surface area contributed by atoms with Gasteiger partial charge in [0.15, 0.2) is 11.5 Å². The van der Waals surface area contributed by atoms with Gasteiger partial charge in [-0.05, 0) is 6.07 Å². The monoisotopic (exact) mass is 182 g/mol. The minimum absolute atomic E-state index is 0.0696. The predicted molar refractivity (Wildman–Crippen MR) is 45.1 cm³/mol. The van der Waals surface area contributed by atoms with Gasteiger partial charge in [0.25, 0.3) is 0 Å². The molecule has 4 nitrogen and oxygen atoms in total. The third-order valence-electron chi connectivity index (χ3n) is 2.03. The largest absolute Gasteiger partial charge is 0.508 e. The molecule has 1 aromatic carbocycles. The Balaban J connectivity index is 2.56. The van der Waals surface area contributed by atoms with E-state index in [1.54, 1.807) is 0 Å². The van der Waals surface area contributed by atoms with Gasteiger partial charge in [0.1, 0.15) is 18.5 Å². The Morgan fingerprint density at radius 3 is 3.00 bits per heavy atom. The number of ether oxygens (including phenoxy) is 2. The summed E-state index contributed by atoms with van der Waals surface area (Å²) in [5, 5.41) is 18.7. The van der Waals surface area contributed by atoms with E-state index in [0.29, 0.717) is 17.1 Å². The lowest BCUT2D eigenvalue weighted by Gasteiger charge is -2.06. The van der Waals surface area contributed by atoms with Crippen LogP contribution in [0.3, 0.4) is 0 Å². The third-order valence-corrected chi connectivity index (χ3v) is 2.03. The first-order valence-electron chi connectivity index (χ1n) is 3.94. The highest BCUT2D eigenvalue weighted by Crippen LogP contribution is 2.42. The van der Waals surface area contributed by atoms with Gasteiger partial charge < -0.3 is 19.7 Å². The Labute approximate surface area is 75.3 Å². The van der Waals surface area contributed by atoms with Crippen molar-refractivity contribution in [3.63, 3.8) is 0 Å². The first-order valence-corrected chi connectivity index (χ1v) is 3.94. The highest BCUT2D eigenvalue weighted by molar-refractivity contribution is 5.54. The van der Waals surface area contributed by atoms with E-state index in [4.69, 9.17) is 9.47 Å². The van der Waals surface area contributed by atoms with Crippen molar-refractivity contribution >= 4 is 0 Å². The van der Waals surface area contributed by atoms with Crippen LogP contribution in [0.15, 0.2) is 12.1 Å². The van der Waals surface area contributed by atoms with Crippen LogP contribution >= 0.6 is 0 Å². The van der Waals surface area contributed by atoms with Gasteiger partial charge in [0.2, 0.25) is 0 Å². The molecule has 0 saturated carbocycles. The fourth-order valence-electron chi connectivity index (χ4n) is 1.41. The molecule has 0 saturated heterocycles. The van der Waals surface area contributed by atoms with Gasteiger partial charge in [-0.1, -0.05) is 0 Å². The highest BCUT2D eigenvalue weighted by Gasteiger charge is 2.26. The zero-order valence-electron chi connectivity index (χ0n) is 7.15. The summed E-state index contributed by atoms with van der Waals surface area (Å²) in [5.41, 5.74) is 0.580. The van der Waals surface area contributed by atoms with E-state index in [2.05, 4.69) is 0 Å². The van der Waals surface area contributed by atoms with Crippen molar-refractivity contribution in [2.75, 3.05) is 13.7 Å². The maximum absolute atomic E-state index is 9.43. The van der Waals surface area contributed by atoms with Crippen molar-refractivity contribution in [3.05, 3.63) is 17.7 Å². The summed E-state index contributed by atoms with van der Waals surface area (Å²) < 4.78 is 10.2. The smallest absolute Gasteiger partial charge is 0.167 e. The molecule has 1 aromatic rings. The molecule has 1 heterocycles. The van der Waals surface area contributed by atoms with Crippen LogP contribution in [0.1, 0.15) is 11.7 Å². The fraction of sp³-hybridized carbons (Fsp3) is 0.333. The third kappa shape index (κ3) is 1.19. The molecular weight excluding hydrogens is 172 g/mol. The van der Waals surface area contributed by atoms with Crippen molar-refractivity contribution in [1.29, 1.82) is 0 Å². The molecule has 2 N–H and O–H groups in total. The second-order valence-electron chi connectivity index (χ2n) is 2.89. The molecule has 1 aliphatic heterocycles. The average molecular weight is 182 g/mol. The van der Waals surface area contributed by atoms with Crippen LogP contribution in [0.4, 0.5) is 0 Å². The number of phenolic OH excluding ortho intramolecular Hbond substituents is 1. The molecule has 0 fully saturated rings. The number of aliphatic hydroxyl groups is 1. The quantitative estimate of drug-likeness (QED) is 0.675. The van der Waals surface area contributed by atoms with E-state index in [9.17, 15) is 10.2 Å². The van der Waals surface area contributed by atoms with E-state index in [1.165, 1.54) is 19.2 Å². The lowest BCUT2D eigenvalue weighted by molar-refractivity contribution is 0.139. The summed E-state index contributed by atoms with van der Waals surface area (Å²) >= 11 is 0. The molecule has 2 rings (SSSR count). The van der Waals surface area contributed by atoms with Crippen LogP contribution in [-0.2, 0) is 0 Å². The van der Waals surface area contributed by atoms with Crippen molar-refractivity contribution in [2.24, 2.45) is 0 Å². The van der Waals surface area contributed by atoms with E-state index < -0.39 is 6.10 Å². The standard InChI is InChI=1S/C9H10O4/c1-12-8-3-5(10)2-6-7(11)4-13-9(6)8/h2-3,7,10-11H,4H2,1H3. The van der Waals surface area contributed by atoms with Crippen molar-refractivity contribution in [1.82, 2.24) is 0 Å². The van der Waals surface area contributed by atoms with Gasteiger partial charge in [0, 0.05) is 11.6 Å². The fourth-order valence-corrected chi connectivity index (χ4v) is 1.41. The Hall–Kier alpha value is -1.42. The first-order chi connectivity index (χ1) is 6.22. The second-order valence-corrected chi connectivity index (χ2v) is 2.89. The summed E-state index contributed by atoms with van der Waals surface area (Å²) in [7, 11) is 1.49. The van der Waals surface area contributed by atoms with Crippen LogP contribution in [0.25, 0.3) is 0 Å². The normalized spacial score (nSPS) is 19.4. The average Bonchev–Trinajstić information content (AvgIpc) is 2.47. The molecule has 13 heavy (non-hydrogen) atoms. The number of phenols is 1. The van der Waals surface area contributed by atoms with Crippen LogP contribution in [0.2, 0.25) is 0 Å². The molecular formula is C9H10O4. The minimum Gasteiger partial charge on any atom is -0.508 e. The topological polar surface area (TPSA) is 58.9 Å². The number of rotatable bonds is 1. The molecule has 1 unspecified atom stereocenters. The van der Waals surface area contributed by atoms with Gasteiger partial charge in [-0.3, -0.25) is 0 Å². The summed E-state index contributed by atoms with van der Waals surface area (Å²) in [6, 6.07) is 2.94. The lowest BCUT2D eigenvalue weighted by atomic mass is 10.1. The molecule has 0 aromatic heterocycles. The molecule has 0 amide bonds. The molecule has 0 spiro atoms. The molecule has 0 radical (unpaired) electrons. The zero-order chi connectivity index (χ0) is 9.42. The van der Waals surface area contributed by atoms with Crippen molar-refractivity contribution in [3.8, 4) is 17.2 Å². The van der Waals surface area contributed by atoms with Crippen LogP contribution in [-0.4, -0.2) is 23.9 Å². The summed E-state index contributed by atoms with van der Waals surface area (Å²) in [4.78, 5) is 0. The lowest BCUT2D eigenvalue weighted by Crippen LogP contribution is -1.97. The molecule has 0 aliphatic carbocycles. The molecule has 4 heteroatoms. The number of fused-ring (bicyclic) bond motifs is 1. The van der Waals surface area contributed by atoms with E-state index in [0.717, 1.165) is 0 Å². The molecule has 0 bridgehead atoms. The van der Waals surface area contributed by atoms with E-state index >= 15 is 0 Å². The van der Waals surface area contributed by atoms with Gasteiger partial charge in [-0.2, -0.15) is 0 Å². The van der Waals surface area contributed by atoms with Crippen LogP contribution in [0.5, 0.6) is 17.2 Å². The zero-order valence-corrected chi connectivity index (χ0v) is 7.15. The second kappa shape index (κ2) is 2.81. The number of hydrogen-bond donors (Lipinski definition) is 2. The molecule has 70 valence electrons. The molecule has 1 atom stereocenters. The van der Waals surface area contributed by atoms with Crippen LogP contribution in [0, 0.1) is 0 Å². The SMILES string of the molecule is COc1cc(O)cc2c1OCC2O.